The molecule has 0 N–H and O–H groups in total. The molecule has 0 bridgehead atoms. The molecule has 5 heteroatoms. The van der Waals surface area contributed by atoms with Crippen LogP contribution in [-0.2, 0) is 16.1 Å². The second-order valence-electron chi connectivity index (χ2n) is 4.56. The largest absolute Gasteiger partial charge is 0.454 e. The Labute approximate surface area is 120 Å². The van der Waals surface area contributed by atoms with Gasteiger partial charge in [-0.15, -0.1) is 0 Å². The number of carbonyl (C=O) groups is 1. The number of esters is 1. The van der Waals surface area contributed by atoms with Gasteiger partial charge in [0.05, 0.1) is 0 Å². The summed E-state index contributed by atoms with van der Waals surface area (Å²) in [7, 11) is 0. The topological polar surface area (TPSA) is 52.3 Å². The number of hydrogen-bond donors (Lipinski definition) is 0. The molecule has 1 heterocycles. The summed E-state index contributed by atoms with van der Waals surface area (Å²) in [5.41, 5.74) is 1.33. The van der Waals surface area contributed by atoms with E-state index >= 15 is 0 Å². The average Bonchev–Trinajstić information content (AvgIpc) is 3.17. The van der Waals surface area contributed by atoms with E-state index in [1.54, 1.807) is 36.4 Å². The molecule has 4 nitrogen and oxygen atoms in total. The molecular formula is C16H12FNO3. The molecular weight excluding hydrogens is 273 g/mol. The van der Waals surface area contributed by atoms with Crippen LogP contribution in [0.2, 0.25) is 0 Å². The molecule has 1 aliphatic carbocycles. The maximum Gasteiger partial charge on any atom is 0.334 e. The van der Waals surface area contributed by atoms with E-state index in [1.165, 1.54) is 6.07 Å². The minimum Gasteiger partial charge on any atom is -0.454 e. The van der Waals surface area contributed by atoms with Crippen LogP contribution in [-0.4, -0.2) is 11.1 Å². The molecule has 0 aliphatic heterocycles. The zero-order valence-corrected chi connectivity index (χ0v) is 11.1. The van der Waals surface area contributed by atoms with Crippen molar-refractivity contribution in [2.75, 3.05) is 0 Å². The van der Waals surface area contributed by atoms with Crippen LogP contribution in [0.3, 0.4) is 0 Å². The zero-order chi connectivity index (χ0) is 14.7. The van der Waals surface area contributed by atoms with E-state index in [-0.39, 0.29) is 18.4 Å². The van der Waals surface area contributed by atoms with Crippen molar-refractivity contribution in [1.29, 1.82) is 0 Å². The van der Waals surface area contributed by atoms with Crippen LogP contribution in [0.25, 0.3) is 11.3 Å². The van der Waals surface area contributed by atoms with Crippen molar-refractivity contribution in [3.05, 3.63) is 65.7 Å². The Morgan fingerprint density at radius 2 is 2.24 bits per heavy atom. The first-order valence-corrected chi connectivity index (χ1v) is 6.47. The number of carbonyl (C=O) groups excluding carboxylic acids is 1. The molecule has 3 rings (SSSR count). The summed E-state index contributed by atoms with van der Waals surface area (Å²) in [6.45, 7) is -0.0301. The second-order valence-corrected chi connectivity index (χ2v) is 4.56. The smallest absolute Gasteiger partial charge is 0.334 e. The van der Waals surface area contributed by atoms with Gasteiger partial charge in [-0.1, -0.05) is 35.5 Å². The van der Waals surface area contributed by atoms with Crippen molar-refractivity contribution >= 4 is 5.97 Å². The van der Waals surface area contributed by atoms with E-state index in [1.807, 2.05) is 6.08 Å². The number of ether oxygens (including phenoxy) is 1. The summed E-state index contributed by atoms with van der Waals surface area (Å²) in [5.74, 6) is -0.395. The molecule has 0 fully saturated rings. The molecule has 106 valence electrons. The molecule has 0 unspecified atom stereocenters. The summed E-state index contributed by atoms with van der Waals surface area (Å²) in [6.07, 6.45) is 5.98. The van der Waals surface area contributed by atoms with Gasteiger partial charge in [-0.25, -0.2) is 9.18 Å². The van der Waals surface area contributed by atoms with Crippen LogP contribution in [0.4, 0.5) is 4.39 Å². The Morgan fingerprint density at radius 1 is 1.38 bits per heavy atom. The Hall–Kier alpha value is -2.69. The summed E-state index contributed by atoms with van der Waals surface area (Å²) in [6, 6.07) is 7.84. The Kier molecular flexibility index (Phi) is 3.64. The number of halogens is 1. The van der Waals surface area contributed by atoms with Crippen molar-refractivity contribution in [2.24, 2.45) is 0 Å². The lowest BCUT2D eigenvalue weighted by Crippen LogP contribution is -2.06. The van der Waals surface area contributed by atoms with Crippen molar-refractivity contribution in [2.45, 2.75) is 13.0 Å². The molecule has 0 radical (unpaired) electrons. The molecule has 2 aromatic rings. The van der Waals surface area contributed by atoms with E-state index in [4.69, 9.17) is 9.26 Å². The Morgan fingerprint density at radius 3 is 3.00 bits per heavy atom. The van der Waals surface area contributed by atoms with Gasteiger partial charge < -0.3 is 9.26 Å². The van der Waals surface area contributed by atoms with Crippen LogP contribution >= 0.6 is 0 Å². The molecule has 1 aromatic heterocycles. The van der Waals surface area contributed by atoms with Gasteiger partial charge in [-0.3, -0.25) is 0 Å². The summed E-state index contributed by atoms with van der Waals surface area (Å²) in [5, 5.41) is 3.79. The quantitative estimate of drug-likeness (QED) is 0.808. The predicted molar refractivity (Wildman–Crippen MR) is 73.5 cm³/mol. The lowest BCUT2D eigenvalue weighted by atomic mass is 10.1. The molecule has 0 amide bonds. The normalized spacial score (nSPS) is 13.3. The van der Waals surface area contributed by atoms with E-state index in [0.29, 0.717) is 29.0 Å². The molecule has 0 spiro atoms. The molecule has 21 heavy (non-hydrogen) atoms. The summed E-state index contributed by atoms with van der Waals surface area (Å²) < 4.78 is 23.8. The minimum absolute atomic E-state index is 0.0301. The fraction of sp³-hybridized carbons (Fsp3) is 0.125. The van der Waals surface area contributed by atoms with Crippen molar-refractivity contribution < 1.29 is 18.4 Å². The third-order valence-corrected chi connectivity index (χ3v) is 3.09. The minimum atomic E-state index is -0.385. The van der Waals surface area contributed by atoms with Crippen LogP contribution in [0.5, 0.6) is 0 Å². The molecule has 0 saturated heterocycles. The molecule has 0 saturated carbocycles. The van der Waals surface area contributed by atoms with Gasteiger partial charge in [0, 0.05) is 17.2 Å². The van der Waals surface area contributed by atoms with Gasteiger partial charge in [-0.05, 0) is 18.6 Å². The van der Waals surface area contributed by atoms with E-state index in [2.05, 4.69) is 5.16 Å². The van der Waals surface area contributed by atoms with E-state index < -0.39 is 0 Å². The van der Waals surface area contributed by atoms with Gasteiger partial charge in [0.15, 0.2) is 12.4 Å². The number of hydrogen-bond acceptors (Lipinski definition) is 4. The van der Waals surface area contributed by atoms with Gasteiger partial charge in [-0.2, -0.15) is 0 Å². The first-order valence-electron chi connectivity index (χ1n) is 6.47. The Balaban J connectivity index is 1.66. The van der Waals surface area contributed by atoms with Gasteiger partial charge in [0.2, 0.25) is 0 Å². The highest BCUT2D eigenvalue weighted by molar-refractivity contribution is 5.89. The average molecular weight is 285 g/mol. The fourth-order valence-electron chi connectivity index (χ4n) is 2.00. The number of rotatable bonds is 4. The van der Waals surface area contributed by atoms with Gasteiger partial charge in [0.1, 0.15) is 11.5 Å². The van der Waals surface area contributed by atoms with Crippen molar-refractivity contribution in [3.8, 4) is 11.3 Å². The zero-order valence-electron chi connectivity index (χ0n) is 11.1. The molecule has 0 atom stereocenters. The monoisotopic (exact) mass is 285 g/mol. The first-order chi connectivity index (χ1) is 10.2. The van der Waals surface area contributed by atoms with Crippen LogP contribution < -0.4 is 0 Å². The lowest BCUT2D eigenvalue weighted by Gasteiger charge is -2.01. The third-order valence-electron chi connectivity index (χ3n) is 3.09. The number of aromatic nitrogens is 1. The molecule has 1 aromatic carbocycles. The summed E-state index contributed by atoms with van der Waals surface area (Å²) in [4.78, 5) is 11.7. The maximum atomic E-state index is 13.6. The van der Waals surface area contributed by atoms with Gasteiger partial charge >= 0.3 is 5.97 Å². The number of allylic oxidation sites excluding steroid dienone is 3. The molecule has 1 aliphatic rings. The van der Waals surface area contributed by atoms with Gasteiger partial charge in [0.25, 0.3) is 0 Å². The predicted octanol–water partition coefficient (Wildman–Crippen LogP) is 3.41. The highest BCUT2D eigenvalue weighted by atomic mass is 19.1. The first kappa shape index (κ1) is 13.3. The van der Waals surface area contributed by atoms with Crippen LogP contribution in [0, 0.1) is 5.82 Å². The van der Waals surface area contributed by atoms with Crippen LogP contribution in [0.1, 0.15) is 12.2 Å². The lowest BCUT2D eigenvalue weighted by molar-refractivity contribution is -0.140. The fourth-order valence-corrected chi connectivity index (χ4v) is 2.00. The highest BCUT2D eigenvalue weighted by Crippen LogP contribution is 2.22. The maximum absolute atomic E-state index is 13.6. The van der Waals surface area contributed by atoms with E-state index in [9.17, 15) is 9.18 Å². The standard InChI is InChI=1S/C16H12FNO3/c17-14-8-4-3-7-13(14)15-9-12(21-18-15)10-20-16(19)11-5-1-2-6-11/h1-5,7-9H,6,10H2. The summed E-state index contributed by atoms with van der Waals surface area (Å²) >= 11 is 0. The van der Waals surface area contributed by atoms with Crippen molar-refractivity contribution in [3.63, 3.8) is 0 Å². The van der Waals surface area contributed by atoms with E-state index in [0.717, 1.165) is 0 Å². The number of nitrogens with zero attached hydrogens (tertiary/aromatic N) is 1. The Bertz CT molecular complexity index is 731. The van der Waals surface area contributed by atoms with Crippen molar-refractivity contribution in [1.82, 2.24) is 5.16 Å². The third kappa shape index (κ3) is 2.91. The highest BCUT2D eigenvalue weighted by Gasteiger charge is 2.14. The van der Waals surface area contributed by atoms with Crippen LogP contribution in [0.15, 0.2) is 58.7 Å². The SMILES string of the molecule is O=C(OCc1cc(-c2ccccc2F)no1)C1=CC=CC1. The second kappa shape index (κ2) is 5.75. The number of benzene rings is 1.